The van der Waals surface area contributed by atoms with Crippen molar-refractivity contribution in [3.63, 3.8) is 0 Å². The molecule has 0 saturated heterocycles. The first kappa shape index (κ1) is 13.1. The molecule has 0 aliphatic rings. The van der Waals surface area contributed by atoms with Gasteiger partial charge in [0, 0.05) is 23.2 Å². The molecule has 0 aliphatic carbocycles. The van der Waals surface area contributed by atoms with Gasteiger partial charge in [-0.15, -0.1) is 0 Å². The van der Waals surface area contributed by atoms with E-state index in [1.165, 1.54) is 17.7 Å². The van der Waals surface area contributed by atoms with E-state index in [0.717, 1.165) is 23.2 Å². The van der Waals surface area contributed by atoms with Crippen LogP contribution in [0, 0.1) is 5.82 Å². The van der Waals surface area contributed by atoms with Crippen LogP contribution in [0.15, 0.2) is 53.0 Å². The lowest BCUT2D eigenvalue weighted by Crippen LogP contribution is -2.21. The average Bonchev–Trinajstić information content (AvgIpc) is 2.39. The Hall–Kier alpha value is -1.35. The molecule has 18 heavy (non-hydrogen) atoms. The van der Waals surface area contributed by atoms with Crippen molar-refractivity contribution in [3.8, 4) is 0 Å². The normalized spacial score (nSPS) is 10.4. The molecule has 0 heterocycles. The van der Waals surface area contributed by atoms with E-state index in [1.807, 2.05) is 24.3 Å². The van der Waals surface area contributed by atoms with Crippen LogP contribution in [-0.2, 0) is 6.54 Å². The van der Waals surface area contributed by atoms with Crippen molar-refractivity contribution in [2.45, 2.75) is 13.5 Å². The van der Waals surface area contributed by atoms with Crippen LogP contribution in [-0.4, -0.2) is 6.54 Å². The summed E-state index contributed by atoms with van der Waals surface area (Å²) in [6, 6.07) is 14.9. The fourth-order valence-electron chi connectivity index (χ4n) is 1.85. The van der Waals surface area contributed by atoms with Crippen molar-refractivity contribution in [2.24, 2.45) is 0 Å². The van der Waals surface area contributed by atoms with Gasteiger partial charge in [0.15, 0.2) is 0 Å². The van der Waals surface area contributed by atoms with Crippen LogP contribution in [0.5, 0.6) is 0 Å². The first-order valence-electron chi connectivity index (χ1n) is 5.94. The second-order valence-electron chi connectivity index (χ2n) is 4.12. The summed E-state index contributed by atoms with van der Waals surface area (Å²) >= 11 is 3.43. The highest BCUT2D eigenvalue weighted by Crippen LogP contribution is 2.18. The van der Waals surface area contributed by atoms with E-state index in [2.05, 4.69) is 39.9 Å². The third-order valence-corrected chi connectivity index (χ3v) is 3.39. The number of halogens is 2. The number of nitrogens with zero attached hydrogens (tertiary/aromatic N) is 1. The van der Waals surface area contributed by atoms with Crippen LogP contribution in [0.25, 0.3) is 0 Å². The predicted octanol–water partition coefficient (Wildman–Crippen LogP) is 4.61. The maximum atomic E-state index is 12.9. The van der Waals surface area contributed by atoms with Crippen molar-refractivity contribution in [2.75, 3.05) is 11.4 Å². The Kier molecular flexibility index (Phi) is 4.37. The summed E-state index contributed by atoms with van der Waals surface area (Å²) in [5.74, 6) is -0.196. The maximum absolute atomic E-state index is 12.9. The Morgan fingerprint density at radius 3 is 2.17 bits per heavy atom. The largest absolute Gasteiger partial charge is 0.367 e. The quantitative estimate of drug-likeness (QED) is 0.797. The molecule has 0 amide bonds. The standard InChI is InChI=1S/C15H15BrFN/c1-2-18(15-9-7-14(17)8-10-15)11-12-3-5-13(16)6-4-12/h3-10H,2,11H2,1H3. The molecule has 0 N–H and O–H groups in total. The van der Waals surface area contributed by atoms with Gasteiger partial charge in [-0.2, -0.15) is 0 Å². The van der Waals surface area contributed by atoms with Crippen LogP contribution < -0.4 is 4.90 Å². The first-order chi connectivity index (χ1) is 8.69. The van der Waals surface area contributed by atoms with Crippen molar-refractivity contribution < 1.29 is 4.39 Å². The summed E-state index contributed by atoms with van der Waals surface area (Å²) < 4.78 is 14.0. The molecule has 0 aliphatic heterocycles. The number of rotatable bonds is 4. The van der Waals surface area contributed by atoms with Gasteiger partial charge in [0.1, 0.15) is 5.82 Å². The molecule has 2 aromatic rings. The number of benzene rings is 2. The van der Waals surface area contributed by atoms with E-state index in [9.17, 15) is 4.39 Å². The monoisotopic (exact) mass is 307 g/mol. The van der Waals surface area contributed by atoms with Gasteiger partial charge in [0.05, 0.1) is 0 Å². The van der Waals surface area contributed by atoms with E-state index < -0.39 is 0 Å². The van der Waals surface area contributed by atoms with Gasteiger partial charge in [-0.3, -0.25) is 0 Å². The predicted molar refractivity (Wildman–Crippen MR) is 77.3 cm³/mol. The lowest BCUT2D eigenvalue weighted by atomic mass is 10.2. The summed E-state index contributed by atoms with van der Waals surface area (Å²) in [4.78, 5) is 2.21. The minimum absolute atomic E-state index is 0.196. The molecule has 0 atom stereocenters. The van der Waals surface area contributed by atoms with E-state index in [1.54, 1.807) is 0 Å². The topological polar surface area (TPSA) is 3.24 Å². The molecule has 0 fully saturated rings. The highest BCUT2D eigenvalue weighted by Gasteiger charge is 2.05. The fourth-order valence-corrected chi connectivity index (χ4v) is 2.11. The molecular weight excluding hydrogens is 293 g/mol. The minimum atomic E-state index is -0.196. The van der Waals surface area contributed by atoms with Crippen LogP contribution in [0.3, 0.4) is 0 Å². The Bertz CT molecular complexity index is 493. The van der Waals surface area contributed by atoms with Crippen LogP contribution in [0.1, 0.15) is 12.5 Å². The zero-order chi connectivity index (χ0) is 13.0. The summed E-state index contributed by atoms with van der Waals surface area (Å²) in [5.41, 5.74) is 2.28. The molecule has 0 unspecified atom stereocenters. The molecule has 0 saturated carbocycles. The molecule has 0 aromatic heterocycles. The molecule has 2 rings (SSSR count). The minimum Gasteiger partial charge on any atom is -0.367 e. The number of hydrogen-bond acceptors (Lipinski definition) is 1. The summed E-state index contributed by atoms with van der Waals surface area (Å²) in [7, 11) is 0. The Morgan fingerprint density at radius 1 is 1.00 bits per heavy atom. The molecule has 94 valence electrons. The molecule has 0 spiro atoms. The molecule has 0 bridgehead atoms. The zero-order valence-electron chi connectivity index (χ0n) is 10.2. The van der Waals surface area contributed by atoms with E-state index in [0.29, 0.717) is 0 Å². The third kappa shape index (κ3) is 3.33. The second-order valence-corrected chi connectivity index (χ2v) is 5.03. The van der Waals surface area contributed by atoms with Gasteiger partial charge in [0.2, 0.25) is 0 Å². The first-order valence-corrected chi connectivity index (χ1v) is 6.73. The summed E-state index contributed by atoms with van der Waals surface area (Å²) in [6.07, 6.45) is 0. The SMILES string of the molecule is CCN(Cc1ccc(Br)cc1)c1ccc(F)cc1. The molecule has 1 nitrogen and oxygen atoms in total. The van der Waals surface area contributed by atoms with Crippen LogP contribution in [0.2, 0.25) is 0 Å². The van der Waals surface area contributed by atoms with Gasteiger partial charge < -0.3 is 4.90 Å². The molecule has 3 heteroatoms. The van der Waals surface area contributed by atoms with Crippen LogP contribution >= 0.6 is 15.9 Å². The Morgan fingerprint density at radius 2 is 1.61 bits per heavy atom. The molecule has 0 radical (unpaired) electrons. The number of anilines is 1. The number of hydrogen-bond donors (Lipinski definition) is 0. The lowest BCUT2D eigenvalue weighted by Gasteiger charge is -2.23. The average molecular weight is 308 g/mol. The van der Waals surface area contributed by atoms with Crippen molar-refractivity contribution in [3.05, 3.63) is 64.4 Å². The third-order valence-electron chi connectivity index (χ3n) is 2.86. The van der Waals surface area contributed by atoms with Gasteiger partial charge in [-0.25, -0.2) is 4.39 Å². The van der Waals surface area contributed by atoms with Gasteiger partial charge in [-0.1, -0.05) is 28.1 Å². The van der Waals surface area contributed by atoms with Gasteiger partial charge in [0.25, 0.3) is 0 Å². The van der Waals surface area contributed by atoms with Gasteiger partial charge >= 0.3 is 0 Å². The Labute approximate surface area is 115 Å². The molecule has 2 aromatic carbocycles. The van der Waals surface area contributed by atoms with E-state index in [-0.39, 0.29) is 5.82 Å². The fraction of sp³-hybridized carbons (Fsp3) is 0.200. The van der Waals surface area contributed by atoms with Crippen molar-refractivity contribution in [1.82, 2.24) is 0 Å². The summed E-state index contributed by atoms with van der Waals surface area (Å²) in [5, 5.41) is 0. The van der Waals surface area contributed by atoms with Crippen molar-refractivity contribution in [1.29, 1.82) is 0 Å². The van der Waals surface area contributed by atoms with E-state index >= 15 is 0 Å². The van der Waals surface area contributed by atoms with Crippen LogP contribution in [0.4, 0.5) is 10.1 Å². The zero-order valence-corrected chi connectivity index (χ0v) is 11.8. The highest BCUT2D eigenvalue weighted by atomic mass is 79.9. The highest BCUT2D eigenvalue weighted by molar-refractivity contribution is 9.10. The van der Waals surface area contributed by atoms with E-state index in [4.69, 9.17) is 0 Å². The molecular formula is C15H15BrFN. The Balaban J connectivity index is 2.14. The van der Waals surface area contributed by atoms with Gasteiger partial charge in [-0.05, 0) is 48.9 Å². The van der Waals surface area contributed by atoms with Crippen molar-refractivity contribution >= 4 is 21.6 Å². The maximum Gasteiger partial charge on any atom is 0.123 e. The summed E-state index contributed by atoms with van der Waals surface area (Å²) in [6.45, 7) is 3.82. The second kappa shape index (κ2) is 6.01. The smallest absolute Gasteiger partial charge is 0.123 e. The lowest BCUT2D eigenvalue weighted by molar-refractivity contribution is 0.627.